The molecule has 2 aliphatic rings. The maximum absolute atomic E-state index is 6.13. The van der Waals surface area contributed by atoms with E-state index in [0.717, 1.165) is 5.92 Å². The Hall–Kier alpha value is -0.0800. The van der Waals surface area contributed by atoms with Crippen LogP contribution in [0, 0.1) is 5.92 Å². The molecule has 1 saturated heterocycles. The van der Waals surface area contributed by atoms with Gasteiger partial charge in [-0.05, 0) is 44.4 Å². The van der Waals surface area contributed by atoms with Crippen LogP contribution in [0.25, 0.3) is 0 Å². The normalized spacial score (nSPS) is 45.7. The first-order valence-electron chi connectivity index (χ1n) is 5.62. The molecule has 0 aromatic rings. The van der Waals surface area contributed by atoms with Crippen molar-refractivity contribution in [3.8, 4) is 0 Å². The second-order valence-electron chi connectivity index (χ2n) is 4.90. The van der Waals surface area contributed by atoms with Gasteiger partial charge < -0.3 is 10.5 Å². The zero-order valence-corrected chi connectivity index (χ0v) is 8.59. The minimum atomic E-state index is 0.238. The molecular weight excluding hydrogens is 162 g/mol. The monoisotopic (exact) mass is 183 g/mol. The highest BCUT2D eigenvalue weighted by Crippen LogP contribution is 2.44. The van der Waals surface area contributed by atoms with Gasteiger partial charge in [0.25, 0.3) is 0 Å². The fourth-order valence-corrected chi connectivity index (χ4v) is 2.97. The summed E-state index contributed by atoms with van der Waals surface area (Å²) in [5, 5.41) is 0. The number of rotatable bonds is 1. The van der Waals surface area contributed by atoms with Crippen molar-refractivity contribution in [2.75, 3.05) is 6.54 Å². The summed E-state index contributed by atoms with van der Waals surface area (Å²) in [5.41, 5.74) is 5.90. The van der Waals surface area contributed by atoms with Crippen LogP contribution in [0.4, 0.5) is 0 Å². The van der Waals surface area contributed by atoms with Crippen LogP contribution in [-0.2, 0) is 4.74 Å². The molecule has 2 heteroatoms. The predicted molar refractivity (Wildman–Crippen MR) is 53.5 cm³/mol. The molecule has 76 valence electrons. The van der Waals surface area contributed by atoms with Crippen LogP contribution in [-0.4, -0.2) is 18.2 Å². The molecule has 1 aliphatic carbocycles. The number of nitrogens with two attached hydrogens (primary N) is 1. The SMILES string of the molecule is CC1CCC2(CCCC(CN)O2)C1. The van der Waals surface area contributed by atoms with Crippen molar-refractivity contribution >= 4 is 0 Å². The van der Waals surface area contributed by atoms with Crippen molar-refractivity contribution in [3.05, 3.63) is 0 Å². The van der Waals surface area contributed by atoms with Crippen LogP contribution in [0.1, 0.15) is 45.4 Å². The Morgan fingerprint density at radius 2 is 2.23 bits per heavy atom. The lowest BCUT2D eigenvalue weighted by Gasteiger charge is -2.38. The van der Waals surface area contributed by atoms with Crippen LogP contribution in [0.3, 0.4) is 0 Å². The van der Waals surface area contributed by atoms with Gasteiger partial charge in [0, 0.05) is 6.54 Å². The molecule has 1 aliphatic heterocycles. The van der Waals surface area contributed by atoms with E-state index in [1.165, 1.54) is 38.5 Å². The molecule has 1 heterocycles. The summed E-state index contributed by atoms with van der Waals surface area (Å²) >= 11 is 0. The molecule has 0 bridgehead atoms. The van der Waals surface area contributed by atoms with E-state index < -0.39 is 0 Å². The predicted octanol–water partition coefficient (Wildman–Crippen LogP) is 2.07. The first-order valence-corrected chi connectivity index (χ1v) is 5.62. The molecule has 3 atom stereocenters. The lowest BCUT2D eigenvalue weighted by molar-refractivity contribution is -0.121. The highest BCUT2D eigenvalue weighted by Gasteiger charge is 2.41. The number of ether oxygens (including phenoxy) is 1. The summed E-state index contributed by atoms with van der Waals surface area (Å²) < 4.78 is 6.13. The maximum Gasteiger partial charge on any atom is 0.0704 e. The van der Waals surface area contributed by atoms with Crippen molar-refractivity contribution < 1.29 is 4.74 Å². The van der Waals surface area contributed by atoms with Gasteiger partial charge in [0.15, 0.2) is 0 Å². The quantitative estimate of drug-likeness (QED) is 0.675. The van der Waals surface area contributed by atoms with Crippen LogP contribution >= 0.6 is 0 Å². The highest BCUT2D eigenvalue weighted by atomic mass is 16.5. The Labute approximate surface area is 80.8 Å². The molecule has 0 aromatic carbocycles. The van der Waals surface area contributed by atoms with E-state index in [1.54, 1.807) is 0 Å². The Bertz CT molecular complexity index is 179. The summed E-state index contributed by atoms with van der Waals surface area (Å²) in [4.78, 5) is 0. The summed E-state index contributed by atoms with van der Waals surface area (Å²) in [7, 11) is 0. The van der Waals surface area contributed by atoms with E-state index in [1.807, 2.05) is 0 Å². The smallest absolute Gasteiger partial charge is 0.0704 e. The Morgan fingerprint density at radius 3 is 2.85 bits per heavy atom. The third-order valence-electron chi connectivity index (χ3n) is 3.65. The van der Waals surface area contributed by atoms with E-state index in [0.29, 0.717) is 12.6 Å². The first-order chi connectivity index (χ1) is 6.24. The highest BCUT2D eigenvalue weighted by molar-refractivity contribution is 4.93. The van der Waals surface area contributed by atoms with Gasteiger partial charge in [0.2, 0.25) is 0 Å². The van der Waals surface area contributed by atoms with E-state index in [2.05, 4.69) is 6.92 Å². The van der Waals surface area contributed by atoms with Crippen LogP contribution in [0.2, 0.25) is 0 Å². The Morgan fingerprint density at radius 1 is 1.38 bits per heavy atom. The van der Waals surface area contributed by atoms with Crippen LogP contribution in [0.15, 0.2) is 0 Å². The van der Waals surface area contributed by atoms with Crippen LogP contribution in [0.5, 0.6) is 0 Å². The number of hydrogen-bond acceptors (Lipinski definition) is 2. The lowest BCUT2D eigenvalue weighted by atomic mass is 9.89. The van der Waals surface area contributed by atoms with Gasteiger partial charge in [-0.2, -0.15) is 0 Å². The molecule has 0 radical (unpaired) electrons. The van der Waals surface area contributed by atoms with Crippen molar-refractivity contribution in [1.29, 1.82) is 0 Å². The van der Waals surface area contributed by atoms with E-state index in [-0.39, 0.29) is 5.60 Å². The summed E-state index contributed by atoms with van der Waals surface area (Å²) in [6.07, 6.45) is 7.99. The summed E-state index contributed by atoms with van der Waals surface area (Å²) in [6.45, 7) is 3.04. The molecule has 1 saturated carbocycles. The van der Waals surface area contributed by atoms with Gasteiger partial charge in [-0.3, -0.25) is 0 Å². The van der Waals surface area contributed by atoms with Crippen molar-refractivity contribution in [3.63, 3.8) is 0 Å². The van der Waals surface area contributed by atoms with E-state index >= 15 is 0 Å². The van der Waals surface area contributed by atoms with Crippen molar-refractivity contribution in [1.82, 2.24) is 0 Å². The third kappa shape index (κ3) is 1.89. The zero-order chi connectivity index (χ0) is 9.31. The molecule has 13 heavy (non-hydrogen) atoms. The van der Waals surface area contributed by atoms with Crippen LogP contribution < -0.4 is 5.73 Å². The van der Waals surface area contributed by atoms with Gasteiger partial charge in [-0.1, -0.05) is 6.92 Å². The van der Waals surface area contributed by atoms with Crippen molar-refractivity contribution in [2.24, 2.45) is 11.7 Å². The molecule has 0 amide bonds. The largest absolute Gasteiger partial charge is 0.370 e. The first kappa shape index (κ1) is 9.47. The topological polar surface area (TPSA) is 35.2 Å². The third-order valence-corrected chi connectivity index (χ3v) is 3.65. The van der Waals surface area contributed by atoms with Gasteiger partial charge in [0.05, 0.1) is 11.7 Å². The molecule has 2 fully saturated rings. The minimum Gasteiger partial charge on any atom is -0.370 e. The maximum atomic E-state index is 6.13. The van der Waals surface area contributed by atoms with E-state index in [9.17, 15) is 0 Å². The molecular formula is C11H21NO. The van der Waals surface area contributed by atoms with E-state index in [4.69, 9.17) is 10.5 Å². The van der Waals surface area contributed by atoms with Gasteiger partial charge in [0.1, 0.15) is 0 Å². The molecule has 2 N–H and O–H groups in total. The lowest BCUT2D eigenvalue weighted by Crippen LogP contribution is -2.41. The fourth-order valence-electron chi connectivity index (χ4n) is 2.97. The summed E-state index contributed by atoms with van der Waals surface area (Å²) in [5.74, 6) is 0.858. The average molecular weight is 183 g/mol. The average Bonchev–Trinajstić information content (AvgIpc) is 2.47. The minimum absolute atomic E-state index is 0.238. The Kier molecular flexibility index (Phi) is 2.61. The van der Waals surface area contributed by atoms with Crippen molar-refractivity contribution in [2.45, 2.75) is 57.2 Å². The second-order valence-corrected chi connectivity index (χ2v) is 4.90. The summed E-state index contributed by atoms with van der Waals surface area (Å²) in [6, 6.07) is 0. The zero-order valence-electron chi connectivity index (χ0n) is 8.59. The van der Waals surface area contributed by atoms with Gasteiger partial charge in [-0.15, -0.1) is 0 Å². The standard InChI is InChI=1S/C11H21NO/c1-9-4-6-11(7-9)5-2-3-10(8-12)13-11/h9-10H,2-8,12H2,1H3. The molecule has 3 unspecified atom stereocenters. The van der Waals surface area contributed by atoms with Gasteiger partial charge in [-0.25, -0.2) is 0 Å². The molecule has 1 spiro atoms. The second kappa shape index (κ2) is 3.58. The molecule has 0 aromatic heterocycles. The Balaban J connectivity index is 1.98. The number of hydrogen-bond donors (Lipinski definition) is 1. The fraction of sp³-hybridized carbons (Fsp3) is 1.00. The molecule has 2 nitrogen and oxygen atoms in total. The molecule has 2 rings (SSSR count). The van der Waals surface area contributed by atoms with Gasteiger partial charge >= 0.3 is 0 Å².